The molecule has 2 fully saturated rings. The molecule has 1 saturated heterocycles. The van der Waals surface area contributed by atoms with Crippen LogP contribution in [-0.4, -0.2) is 23.6 Å². The minimum atomic E-state index is 0.520. The summed E-state index contributed by atoms with van der Waals surface area (Å²) in [5, 5.41) is 4.73. The standard InChI is InChI=1S/C15H29NS/c1-15(2,3)12-6-8-13(9-7-12)16-11-14-5-4-10-17-14/h12-14,16H,4-11H2,1-3H3. The molecule has 2 heteroatoms. The van der Waals surface area contributed by atoms with Crippen molar-refractivity contribution in [2.75, 3.05) is 12.3 Å². The quantitative estimate of drug-likeness (QED) is 0.815. The first-order valence-electron chi connectivity index (χ1n) is 7.40. The van der Waals surface area contributed by atoms with Crippen molar-refractivity contribution >= 4 is 11.8 Å². The Hall–Kier alpha value is 0.310. The van der Waals surface area contributed by atoms with Gasteiger partial charge in [-0.15, -0.1) is 0 Å². The lowest BCUT2D eigenvalue weighted by Crippen LogP contribution is -2.38. The molecule has 0 bridgehead atoms. The molecule has 0 amide bonds. The Kier molecular flexibility index (Phi) is 4.82. The first-order chi connectivity index (χ1) is 8.05. The molecule has 1 unspecified atom stereocenters. The van der Waals surface area contributed by atoms with Crippen LogP contribution in [-0.2, 0) is 0 Å². The molecule has 1 N–H and O–H groups in total. The first kappa shape index (κ1) is 13.7. The Balaban J connectivity index is 1.65. The van der Waals surface area contributed by atoms with Crippen molar-refractivity contribution in [3.63, 3.8) is 0 Å². The molecular weight excluding hydrogens is 226 g/mol. The fraction of sp³-hybridized carbons (Fsp3) is 1.00. The molecule has 17 heavy (non-hydrogen) atoms. The van der Waals surface area contributed by atoms with E-state index in [1.165, 1.54) is 50.8 Å². The summed E-state index contributed by atoms with van der Waals surface area (Å²) < 4.78 is 0. The highest BCUT2D eigenvalue weighted by atomic mass is 32.2. The smallest absolute Gasteiger partial charge is 0.0172 e. The predicted molar refractivity (Wildman–Crippen MR) is 78.7 cm³/mol. The van der Waals surface area contributed by atoms with Crippen molar-refractivity contribution in [2.45, 2.75) is 70.6 Å². The Morgan fingerprint density at radius 2 is 1.76 bits per heavy atom. The van der Waals surface area contributed by atoms with E-state index in [9.17, 15) is 0 Å². The maximum absolute atomic E-state index is 3.81. The van der Waals surface area contributed by atoms with Crippen LogP contribution in [0.3, 0.4) is 0 Å². The highest BCUT2D eigenvalue weighted by Crippen LogP contribution is 2.37. The highest BCUT2D eigenvalue weighted by Gasteiger charge is 2.29. The second-order valence-electron chi connectivity index (χ2n) is 6.96. The number of hydrogen-bond donors (Lipinski definition) is 1. The molecule has 0 aromatic heterocycles. The van der Waals surface area contributed by atoms with Crippen LogP contribution in [0.1, 0.15) is 59.3 Å². The number of nitrogens with one attached hydrogen (secondary N) is 1. The minimum absolute atomic E-state index is 0.520. The van der Waals surface area contributed by atoms with Gasteiger partial charge >= 0.3 is 0 Å². The predicted octanol–water partition coefficient (Wildman–Crippen LogP) is 4.08. The van der Waals surface area contributed by atoms with Gasteiger partial charge in [-0.25, -0.2) is 0 Å². The highest BCUT2D eigenvalue weighted by molar-refractivity contribution is 8.00. The van der Waals surface area contributed by atoms with Gasteiger partial charge in [0.2, 0.25) is 0 Å². The monoisotopic (exact) mass is 255 g/mol. The van der Waals surface area contributed by atoms with Gasteiger partial charge in [0.05, 0.1) is 0 Å². The molecule has 2 rings (SSSR count). The SMILES string of the molecule is CC(C)(C)C1CCC(NCC2CCCS2)CC1. The van der Waals surface area contributed by atoms with Gasteiger partial charge in [0, 0.05) is 17.8 Å². The second kappa shape index (κ2) is 5.97. The Labute approximate surface area is 112 Å². The Morgan fingerprint density at radius 1 is 1.06 bits per heavy atom. The van der Waals surface area contributed by atoms with Crippen molar-refractivity contribution in [2.24, 2.45) is 11.3 Å². The van der Waals surface area contributed by atoms with Gasteiger partial charge < -0.3 is 5.32 Å². The summed E-state index contributed by atoms with van der Waals surface area (Å²) in [6.45, 7) is 8.47. The largest absolute Gasteiger partial charge is 0.313 e. The zero-order valence-electron chi connectivity index (χ0n) is 11.8. The van der Waals surface area contributed by atoms with E-state index in [2.05, 4.69) is 37.8 Å². The van der Waals surface area contributed by atoms with E-state index < -0.39 is 0 Å². The Morgan fingerprint density at radius 3 is 2.29 bits per heavy atom. The summed E-state index contributed by atoms with van der Waals surface area (Å²) in [6, 6.07) is 0.815. The van der Waals surface area contributed by atoms with Crippen LogP contribution < -0.4 is 5.32 Å². The summed E-state index contributed by atoms with van der Waals surface area (Å²) in [7, 11) is 0. The van der Waals surface area contributed by atoms with Crippen LogP contribution in [0.2, 0.25) is 0 Å². The molecule has 0 aromatic rings. The summed E-state index contributed by atoms with van der Waals surface area (Å²) in [5.41, 5.74) is 0.520. The number of thioether (sulfide) groups is 1. The van der Waals surface area contributed by atoms with Gasteiger partial charge in [-0.1, -0.05) is 20.8 Å². The summed E-state index contributed by atoms with van der Waals surface area (Å²) >= 11 is 2.17. The normalized spacial score (nSPS) is 35.1. The molecule has 0 radical (unpaired) electrons. The molecule has 1 aliphatic heterocycles. The first-order valence-corrected chi connectivity index (χ1v) is 8.45. The third kappa shape index (κ3) is 4.17. The lowest BCUT2D eigenvalue weighted by molar-refractivity contribution is 0.160. The van der Waals surface area contributed by atoms with Crippen molar-refractivity contribution in [3.8, 4) is 0 Å². The summed E-state index contributed by atoms with van der Waals surface area (Å²) in [6.07, 6.45) is 8.54. The molecular formula is C15H29NS. The van der Waals surface area contributed by atoms with Crippen molar-refractivity contribution in [3.05, 3.63) is 0 Å². The number of rotatable bonds is 3. The molecule has 1 saturated carbocycles. The zero-order chi connectivity index (χ0) is 12.3. The summed E-state index contributed by atoms with van der Waals surface area (Å²) in [5.74, 6) is 2.34. The number of hydrogen-bond acceptors (Lipinski definition) is 2. The van der Waals surface area contributed by atoms with Crippen LogP contribution >= 0.6 is 11.8 Å². The van der Waals surface area contributed by atoms with Crippen LogP contribution in [0.5, 0.6) is 0 Å². The zero-order valence-corrected chi connectivity index (χ0v) is 12.6. The molecule has 1 aliphatic carbocycles. The fourth-order valence-corrected chi connectivity index (χ4v) is 4.48. The van der Waals surface area contributed by atoms with Gasteiger partial charge in [-0.05, 0) is 55.6 Å². The molecule has 2 aliphatic rings. The molecule has 1 heterocycles. The molecule has 0 aromatic carbocycles. The van der Waals surface area contributed by atoms with E-state index in [1.54, 1.807) is 0 Å². The average Bonchev–Trinajstić information content (AvgIpc) is 2.78. The van der Waals surface area contributed by atoms with Gasteiger partial charge in [-0.3, -0.25) is 0 Å². The fourth-order valence-electron chi connectivity index (χ4n) is 3.27. The topological polar surface area (TPSA) is 12.0 Å². The van der Waals surface area contributed by atoms with E-state index in [0.717, 1.165) is 17.2 Å². The molecule has 1 nitrogen and oxygen atoms in total. The van der Waals surface area contributed by atoms with Crippen LogP contribution in [0.25, 0.3) is 0 Å². The van der Waals surface area contributed by atoms with Gasteiger partial charge in [0.15, 0.2) is 0 Å². The van der Waals surface area contributed by atoms with Crippen molar-refractivity contribution < 1.29 is 0 Å². The van der Waals surface area contributed by atoms with E-state index >= 15 is 0 Å². The molecule has 1 atom stereocenters. The van der Waals surface area contributed by atoms with Gasteiger partial charge in [0.25, 0.3) is 0 Å². The summed E-state index contributed by atoms with van der Waals surface area (Å²) in [4.78, 5) is 0. The van der Waals surface area contributed by atoms with E-state index in [1.807, 2.05) is 0 Å². The molecule has 0 spiro atoms. The third-order valence-electron chi connectivity index (χ3n) is 4.61. The third-order valence-corrected chi connectivity index (χ3v) is 6.01. The van der Waals surface area contributed by atoms with E-state index in [0.29, 0.717) is 5.41 Å². The van der Waals surface area contributed by atoms with E-state index in [4.69, 9.17) is 0 Å². The maximum atomic E-state index is 3.81. The van der Waals surface area contributed by atoms with Gasteiger partial charge in [-0.2, -0.15) is 11.8 Å². The maximum Gasteiger partial charge on any atom is 0.0172 e. The second-order valence-corrected chi connectivity index (χ2v) is 8.37. The molecule has 100 valence electrons. The van der Waals surface area contributed by atoms with Crippen LogP contribution in [0.4, 0.5) is 0 Å². The minimum Gasteiger partial charge on any atom is -0.313 e. The lowest BCUT2D eigenvalue weighted by atomic mass is 9.71. The van der Waals surface area contributed by atoms with Crippen LogP contribution in [0.15, 0.2) is 0 Å². The van der Waals surface area contributed by atoms with Gasteiger partial charge in [0.1, 0.15) is 0 Å². The average molecular weight is 255 g/mol. The lowest BCUT2D eigenvalue weighted by Gasteiger charge is -2.37. The van der Waals surface area contributed by atoms with Crippen molar-refractivity contribution in [1.29, 1.82) is 0 Å². The van der Waals surface area contributed by atoms with E-state index in [-0.39, 0.29) is 0 Å². The Bertz CT molecular complexity index is 220. The van der Waals surface area contributed by atoms with Crippen molar-refractivity contribution in [1.82, 2.24) is 5.32 Å². The van der Waals surface area contributed by atoms with Crippen LogP contribution in [0, 0.1) is 11.3 Å².